The molecule has 0 aromatic heterocycles. The van der Waals surface area contributed by atoms with Gasteiger partial charge in [0.15, 0.2) is 5.78 Å². The maximum absolute atomic E-state index is 12.8. The topological polar surface area (TPSA) is 17.1 Å². The minimum atomic E-state index is 0.0901. The van der Waals surface area contributed by atoms with Crippen LogP contribution in [0.15, 0.2) is 42.5 Å². The van der Waals surface area contributed by atoms with E-state index >= 15 is 0 Å². The van der Waals surface area contributed by atoms with E-state index in [0.29, 0.717) is 27.4 Å². The Morgan fingerprint density at radius 3 is 2.71 bits per heavy atom. The first-order valence-electron chi connectivity index (χ1n) is 7.24. The Morgan fingerprint density at radius 2 is 1.90 bits per heavy atom. The van der Waals surface area contributed by atoms with Crippen LogP contribution < -0.4 is 0 Å². The summed E-state index contributed by atoms with van der Waals surface area (Å²) >= 11 is 12.1. The molecule has 0 saturated heterocycles. The van der Waals surface area contributed by atoms with Crippen molar-refractivity contribution in [1.82, 2.24) is 0 Å². The van der Waals surface area contributed by atoms with E-state index < -0.39 is 0 Å². The Balaban J connectivity index is 1.66. The van der Waals surface area contributed by atoms with Gasteiger partial charge in [0.25, 0.3) is 0 Å². The maximum atomic E-state index is 12.8. The third kappa shape index (κ3) is 2.11. The minimum absolute atomic E-state index is 0.0901. The zero-order valence-corrected chi connectivity index (χ0v) is 12.9. The van der Waals surface area contributed by atoms with Crippen LogP contribution >= 0.6 is 23.2 Å². The first kappa shape index (κ1) is 13.4. The van der Waals surface area contributed by atoms with E-state index in [9.17, 15) is 4.79 Å². The fourth-order valence-electron chi connectivity index (χ4n) is 3.79. The van der Waals surface area contributed by atoms with Gasteiger partial charge in [-0.1, -0.05) is 47.5 Å². The molecule has 0 bridgehead atoms. The van der Waals surface area contributed by atoms with E-state index in [2.05, 4.69) is 24.3 Å². The number of aryl methyl sites for hydroxylation is 1. The predicted octanol–water partition coefficient (Wildman–Crippen LogP) is 5.15. The maximum Gasteiger partial charge on any atom is 0.168 e. The first-order chi connectivity index (χ1) is 10.2. The molecule has 0 N–H and O–H groups in total. The van der Waals surface area contributed by atoms with Crippen LogP contribution in [0.3, 0.4) is 0 Å². The minimum Gasteiger partial charge on any atom is -0.294 e. The van der Waals surface area contributed by atoms with Crippen molar-refractivity contribution >= 4 is 29.0 Å². The molecule has 21 heavy (non-hydrogen) atoms. The van der Waals surface area contributed by atoms with E-state index in [1.807, 2.05) is 0 Å². The highest BCUT2D eigenvalue weighted by atomic mass is 35.5. The Bertz CT molecular complexity index is 738. The predicted molar refractivity (Wildman–Crippen MR) is 85.3 cm³/mol. The summed E-state index contributed by atoms with van der Waals surface area (Å²) in [5.74, 6) is 1.13. The zero-order chi connectivity index (χ0) is 14.6. The number of Topliss-reactive ketones (excluding diaryl/α,β-unsaturated/α-hetero) is 1. The number of carbonyl (C=O) groups excluding carboxylic acids is 1. The molecule has 2 aromatic carbocycles. The van der Waals surface area contributed by atoms with Crippen molar-refractivity contribution in [3.8, 4) is 0 Å². The summed E-state index contributed by atoms with van der Waals surface area (Å²) in [6.45, 7) is 0. The van der Waals surface area contributed by atoms with Crippen molar-refractivity contribution in [2.24, 2.45) is 11.8 Å². The molecule has 3 heteroatoms. The summed E-state index contributed by atoms with van der Waals surface area (Å²) in [6.07, 6.45) is 2.18. The van der Waals surface area contributed by atoms with Crippen molar-refractivity contribution < 1.29 is 4.79 Å². The Morgan fingerprint density at radius 1 is 1.10 bits per heavy atom. The molecule has 0 heterocycles. The smallest absolute Gasteiger partial charge is 0.168 e. The number of hydrogen-bond donors (Lipinski definition) is 0. The molecule has 3 unspecified atom stereocenters. The Hall–Kier alpha value is -1.31. The number of benzene rings is 2. The van der Waals surface area contributed by atoms with Crippen LogP contribution in [-0.2, 0) is 6.42 Å². The highest BCUT2D eigenvalue weighted by Gasteiger charge is 2.56. The molecule has 106 valence electrons. The van der Waals surface area contributed by atoms with Crippen molar-refractivity contribution in [3.05, 3.63) is 69.2 Å². The highest BCUT2D eigenvalue weighted by molar-refractivity contribution is 6.37. The molecular weight excluding hydrogens is 303 g/mol. The largest absolute Gasteiger partial charge is 0.294 e. The van der Waals surface area contributed by atoms with Gasteiger partial charge in [0.2, 0.25) is 0 Å². The van der Waals surface area contributed by atoms with Crippen LogP contribution in [0.5, 0.6) is 0 Å². The summed E-state index contributed by atoms with van der Waals surface area (Å²) in [4.78, 5) is 12.8. The van der Waals surface area contributed by atoms with Gasteiger partial charge >= 0.3 is 0 Å². The van der Waals surface area contributed by atoms with E-state index in [1.54, 1.807) is 18.2 Å². The third-order valence-corrected chi connectivity index (χ3v) is 5.38. The van der Waals surface area contributed by atoms with Crippen LogP contribution in [0.2, 0.25) is 10.0 Å². The SMILES string of the molecule is O=C(c1ccc(Cl)cc1Cl)C1C2CCc3ccccc3C21. The van der Waals surface area contributed by atoms with Crippen LogP contribution in [0.1, 0.15) is 33.8 Å². The molecule has 3 atom stereocenters. The van der Waals surface area contributed by atoms with E-state index in [4.69, 9.17) is 23.2 Å². The monoisotopic (exact) mass is 316 g/mol. The van der Waals surface area contributed by atoms with Crippen LogP contribution in [0.25, 0.3) is 0 Å². The van der Waals surface area contributed by atoms with Crippen molar-refractivity contribution in [3.63, 3.8) is 0 Å². The van der Waals surface area contributed by atoms with Crippen LogP contribution in [0, 0.1) is 11.8 Å². The molecule has 0 spiro atoms. The molecule has 0 amide bonds. The average molecular weight is 317 g/mol. The number of ketones is 1. The lowest BCUT2D eigenvalue weighted by Gasteiger charge is -2.13. The molecule has 2 aromatic rings. The van der Waals surface area contributed by atoms with Gasteiger partial charge < -0.3 is 0 Å². The second kappa shape index (κ2) is 4.86. The molecule has 2 aliphatic carbocycles. The second-order valence-corrected chi connectivity index (χ2v) is 6.78. The lowest BCUT2D eigenvalue weighted by Crippen LogP contribution is -2.05. The summed E-state index contributed by atoms with van der Waals surface area (Å²) in [5.41, 5.74) is 3.37. The molecule has 2 aliphatic rings. The average Bonchev–Trinajstić information content (AvgIpc) is 3.21. The van der Waals surface area contributed by atoms with Crippen LogP contribution in [0.4, 0.5) is 0 Å². The van der Waals surface area contributed by atoms with E-state index in [0.717, 1.165) is 12.8 Å². The second-order valence-electron chi connectivity index (χ2n) is 5.94. The van der Waals surface area contributed by atoms with Crippen molar-refractivity contribution in [2.45, 2.75) is 18.8 Å². The van der Waals surface area contributed by atoms with Gasteiger partial charge in [-0.2, -0.15) is 0 Å². The Labute approximate surface area is 133 Å². The first-order valence-corrected chi connectivity index (χ1v) is 7.99. The molecule has 4 rings (SSSR count). The lowest BCUT2D eigenvalue weighted by molar-refractivity contribution is 0.0959. The molecule has 0 radical (unpaired) electrons. The third-order valence-electron chi connectivity index (χ3n) is 4.83. The zero-order valence-electron chi connectivity index (χ0n) is 11.4. The van der Waals surface area contributed by atoms with Gasteiger partial charge in [-0.15, -0.1) is 0 Å². The molecule has 0 aliphatic heterocycles. The number of halogens is 2. The quantitative estimate of drug-likeness (QED) is 0.700. The number of hydrogen-bond acceptors (Lipinski definition) is 1. The van der Waals surface area contributed by atoms with Gasteiger partial charge in [-0.05, 0) is 54.0 Å². The van der Waals surface area contributed by atoms with Crippen molar-refractivity contribution in [1.29, 1.82) is 0 Å². The summed E-state index contributed by atoms with van der Waals surface area (Å²) in [5, 5.41) is 1.03. The standard InChI is InChI=1S/C18H14Cl2O/c19-11-6-8-13(15(20)9-11)18(21)17-14-7-5-10-3-1-2-4-12(10)16(14)17/h1-4,6,8-9,14,16-17H,5,7H2. The van der Waals surface area contributed by atoms with Crippen LogP contribution in [-0.4, -0.2) is 5.78 Å². The van der Waals surface area contributed by atoms with Gasteiger partial charge in [0.1, 0.15) is 0 Å². The van der Waals surface area contributed by atoms with Gasteiger partial charge in [0, 0.05) is 16.5 Å². The van der Waals surface area contributed by atoms with Gasteiger partial charge in [0.05, 0.1) is 5.02 Å². The van der Waals surface area contributed by atoms with Gasteiger partial charge in [-0.25, -0.2) is 0 Å². The number of carbonyl (C=O) groups is 1. The van der Waals surface area contributed by atoms with Gasteiger partial charge in [-0.3, -0.25) is 4.79 Å². The highest BCUT2D eigenvalue weighted by Crippen LogP contribution is 2.61. The summed E-state index contributed by atoms with van der Waals surface area (Å²) < 4.78 is 0. The van der Waals surface area contributed by atoms with E-state index in [-0.39, 0.29) is 11.7 Å². The Kier molecular flexibility index (Phi) is 3.09. The van der Waals surface area contributed by atoms with E-state index in [1.165, 1.54) is 11.1 Å². The molecule has 1 saturated carbocycles. The molecular formula is C18H14Cl2O. The fourth-order valence-corrected chi connectivity index (χ4v) is 4.29. The summed E-state index contributed by atoms with van der Waals surface area (Å²) in [6, 6.07) is 13.6. The normalized spacial score (nSPS) is 25.9. The van der Waals surface area contributed by atoms with Crippen molar-refractivity contribution in [2.75, 3.05) is 0 Å². The molecule has 1 nitrogen and oxygen atoms in total. The number of rotatable bonds is 2. The lowest BCUT2D eigenvalue weighted by atomic mass is 9.92. The fraction of sp³-hybridized carbons (Fsp3) is 0.278. The molecule has 1 fully saturated rings. The number of fused-ring (bicyclic) bond motifs is 3. The summed E-state index contributed by atoms with van der Waals surface area (Å²) in [7, 11) is 0.